The van der Waals surface area contributed by atoms with Crippen molar-refractivity contribution in [3.05, 3.63) is 245 Å². The molecule has 0 radical (unpaired) electrons. The number of anilines is 3. The van der Waals surface area contributed by atoms with E-state index in [-0.39, 0.29) is 16.2 Å². The van der Waals surface area contributed by atoms with Gasteiger partial charge in [0.05, 0.1) is 0 Å². The number of nitrogens with zero attached hydrogens (tertiary/aromatic N) is 1. The van der Waals surface area contributed by atoms with Crippen molar-refractivity contribution in [1.29, 1.82) is 0 Å². The third-order valence-corrected chi connectivity index (χ3v) is 17.4. The fourth-order valence-electron chi connectivity index (χ4n) is 14.4. The molecule has 1 spiro atoms. The van der Waals surface area contributed by atoms with Crippen LogP contribution in [0.5, 0.6) is 0 Å². The van der Waals surface area contributed by atoms with Crippen molar-refractivity contribution in [2.24, 2.45) is 11.8 Å². The molecule has 1 heteroatoms. The molecule has 14 rings (SSSR count). The Balaban J connectivity index is 0.888. The van der Waals surface area contributed by atoms with Crippen LogP contribution in [0.1, 0.15) is 85.4 Å². The predicted octanol–water partition coefficient (Wildman–Crippen LogP) is 17.2. The molecule has 5 aliphatic carbocycles. The first kappa shape index (κ1) is 39.0. The summed E-state index contributed by atoms with van der Waals surface area (Å²) in [5.74, 6) is 1.52. The molecule has 4 atom stereocenters. The summed E-state index contributed by atoms with van der Waals surface area (Å²) in [7, 11) is 0. The van der Waals surface area contributed by atoms with Crippen molar-refractivity contribution in [2.45, 2.75) is 62.7 Å². The summed E-state index contributed by atoms with van der Waals surface area (Å²) in [5.41, 5.74) is 26.6. The van der Waals surface area contributed by atoms with Gasteiger partial charge in [0.25, 0.3) is 0 Å². The van der Waals surface area contributed by atoms with Gasteiger partial charge in [-0.3, -0.25) is 0 Å². The Hall–Kier alpha value is -7.22. The van der Waals surface area contributed by atoms with Crippen LogP contribution in [0, 0.1) is 11.8 Å². The van der Waals surface area contributed by atoms with E-state index in [1.54, 1.807) is 11.1 Å². The maximum atomic E-state index is 2.59. The van der Waals surface area contributed by atoms with E-state index in [0.717, 1.165) is 17.3 Å². The maximum Gasteiger partial charge on any atom is 0.0465 e. The molecule has 9 aromatic carbocycles. The van der Waals surface area contributed by atoms with Gasteiger partial charge in [0.15, 0.2) is 0 Å². The van der Waals surface area contributed by atoms with Crippen molar-refractivity contribution in [3.63, 3.8) is 0 Å². The number of hydrogen-bond donors (Lipinski definition) is 0. The number of fused-ring (bicyclic) bond motifs is 14. The third-order valence-electron chi connectivity index (χ3n) is 17.4. The van der Waals surface area contributed by atoms with Crippen molar-refractivity contribution in [2.75, 3.05) is 4.90 Å². The molecule has 0 aliphatic heterocycles. The largest absolute Gasteiger partial charge is 0.310 e. The molecular weight excluding hydrogens is 807 g/mol. The molecule has 1 nitrogen and oxygen atoms in total. The van der Waals surface area contributed by atoms with Crippen LogP contribution in [-0.2, 0) is 16.2 Å². The number of rotatable bonds is 6. The SMILES string of the molecule is CC1(C)c2ccccc2-c2cccc(-c3ccc(N(c4ccc(-c5ccc6c(c5)C(C)(c5ccccc5)c5ccccc5-6)cc4)c4ccc5c(c4)C4(CC6CCC4C6)c4ccccc4-5)cc3)c21. The second kappa shape index (κ2) is 14.1. The Kier molecular flexibility index (Phi) is 8.23. The zero-order valence-electron chi connectivity index (χ0n) is 38.6. The van der Waals surface area contributed by atoms with Crippen LogP contribution in [0.3, 0.4) is 0 Å². The van der Waals surface area contributed by atoms with E-state index in [4.69, 9.17) is 0 Å². The van der Waals surface area contributed by atoms with E-state index in [0.29, 0.717) is 5.92 Å². The van der Waals surface area contributed by atoms with Crippen molar-refractivity contribution in [1.82, 2.24) is 0 Å². The summed E-state index contributed by atoms with van der Waals surface area (Å²) in [4.78, 5) is 2.51. The molecule has 322 valence electrons. The van der Waals surface area contributed by atoms with Gasteiger partial charge in [-0.2, -0.15) is 0 Å². The molecule has 2 saturated carbocycles. The minimum Gasteiger partial charge on any atom is -0.310 e. The summed E-state index contributed by atoms with van der Waals surface area (Å²) >= 11 is 0. The molecule has 0 amide bonds. The minimum atomic E-state index is -0.241. The molecule has 0 heterocycles. The van der Waals surface area contributed by atoms with Gasteiger partial charge in [0, 0.05) is 33.3 Å². The second-order valence-electron chi connectivity index (χ2n) is 21.0. The Morgan fingerprint density at radius 3 is 1.63 bits per heavy atom. The van der Waals surface area contributed by atoms with E-state index in [9.17, 15) is 0 Å². The van der Waals surface area contributed by atoms with Gasteiger partial charge in [0.1, 0.15) is 0 Å². The van der Waals surface area contributed by atoms with Crippen LogP contribution < -0.4 is 4.90 Å². The highest BCUT2D eigenvalue weighted by Crippen LogP contribution is 2.66. The van der Waals surface area contributed by atoms with E-state index in [2.05, 4.69) is 232 Å². The lowest BCUT2D eigenvalue weighted by Crippen LogP contribution is -2.32. The number of hydrogen-bond acceptors (Lipinski definition) is 1. The normalized spacial score (nSPS) is 21.7. The van der Waals surface area contributed by atoms with Crippen LogP contribution in [0.25, 0.3) is 55.6 Å². The fourth-order valence-corrected chi connectivity index (χ4v) is 14.4. The fraction of sp³-hybridized carbons (Fsp3) is 0.182. The zero-order chi connectivity index (χ0) is 44.6. The van der Waals surface area contributed by atoms with Gasteiger partial charge in [-0.05, 0) is 175 Å². The predicted molar refractivity (Wildman–Crippen MR) is 279 cm³/mol. The molecule has 67 heavy (non-hydrogen) atoms. The molecule has 9 aromatic rings. The van der Waals surface area contributed by atoms with Crippen molar-refractivity contribution in [3.8, 4) is 55.6 Å². The van der Waals surface area contributed by atoms with Crippen LogP contribution in [-0.4, -0.2) is 0 Å². The summed E-state index contributed by atoms with van der Waals surface area (Å²) in [6, 6.07) is 78.6. The average Bonchev–Trinajstić information content (AvgIpc) is 4.18. The van der Waals surface area contributed by atoms with Crippen molar-refractivity contribution >= 4 is 17.1 Å². The summed E-state index contributed by atoms with van der Waals surface area (Å²) in [6.07, 6.45) is 5.34. The van der Waals surface area contributed by atoms with E-state index in [1.165, 1.54) is 115 Å². The Labute approximate surface area is 395 Å². The standard InChI is InChI=1S/C66H53N/c1-64(2)58-21-10-7-18-54(58)57-20-13-19-51(63(57)64)44-27-33-49(34-28-44)67(50-35-37-56-53-17-9-12-23-60(53)66(62(56)40-50)41-42-24-30-47(66)38-42)48-31-25-43(26-32-48)45-29-36-55-52-16-8-11-22-59(52)65(3,61(55)39-45)46-14-5-4-6-15-46/h4-23,25-29,31-37,39-40,42,47H,24,30,38,41H2,1-3H3. The molecule has 2 bridgehead atoms. The quantitative estimate of drug-likeness (QED) is 0.161. The summed E-state index contributed by atoms with van der Waals surface area (Å²) in [5, 5.41) is 0. The van der Waals surface area contributed by atoms with Crippen LogP contribution in [0.15, 0.2) is 206 Å². The van der Waals surface area contributed by atoms with Gasteiger partial charge in [-0.1, -0.05) is 184 Å². The molecule has 0 N–H and O–H groups in total. The first-order valence-electron chi connectivity index (χ1n) is 24.6. The minimum absolute atomic E-state index is 0.0877. The Bertz CT molecular complexity index is 3470. The lowest BCUT2D eigenvalue weighted by molar-refractivity contribution is 0.327. The highest BCUT2D eigenvalue weighted by atomic mass is 15.1. The van der Waals surface area contributed by atoms with Crippen LogP contribution >= 0.6 is 0 Å². The molecule has 0 saturated heterocycles. The van der Waals surface area contributed by atoms with Gasteiger partial charge >= 0.3 is 0 Å². The highest BCUT2D eigenvalue weighted by Gasteiger charge is 2.56. The number of benzene rings is 9. The van der Waals surface area contributed by atoms with Crippen LogP contribution in [0.2, 0.25) is 0 Å². The summed E-state index contributed by atoms with van der Waals surface area (Å²) in [6.45, 7) is 7.18. The molecule has 5 aliphatic rings. The van der Waals surface area contributed by atoms with Gasteiger partial charge in [0.2, 0.25) is 0 Å². The Morgan fingerprint density at radius 2 is 0.925 bits per heavy atom. The topological polar surface area (TPSA) is 3.24 Å². The molecule has 0 aromatic heterocycles. The van der Waals surface area contributed by atoms with E-state index >= 15 is 0 Å². The van der Waals surface area contributed by atoms with Crippen molar-refractivity contribution < 1.29 is 0 Å². The van der Waals surface area contributed by atoms with Gasteiger partial charge in [-0.15, -0.1) is 0 Å². The molecule has 2 fully saturated rings. The highest BCUT2D eigenvalue weighted by molar-refractivity contribution is 5.91. The lowest BCUT2D eigenvalue weighted by Gasteiger charge is -2.37. The van der Waals surface area contributed by atoms with E-state index in [1.807, 2.05) is 0 Å². The van der Waals surface area contributed by atoms with Gasteiger partial charge in [-0.25, -0.2) is 0 Å². The first-order chi connectivity index (χ1) is 32.8. The Morgan fingerprint density at radius 1 is 0.388 bits per heavy atom. The average molecular weight is 860 g/mol. The second-order valence-corrected chi connectivity index (χ2v) is 21.0. The van der Waals surface area contributed by atoms with Gasteiger partial charge < -0.3 is 4.90 Å². The molecule has 4 unspecified atom stereocenters. The smallest absolute Gasteiger partial charge is 0.0465 e. The monoisotopic (exact) mass is 859 g/mol. The molecular formula is C66H53N. The maximum absolute atomic E-state index is 2.59. The zero-order valence-corrected chi connectivity index (χ0v) is 38.6. The first-order valence-corrected chi connectivity index (χ1v) is 24.6. The van der Waals surface area contributed by atoms with Crippen LogP contribution in [0.4, 0.5) is 17.1 Å². The van der Waals surface area contributed by atoms with E-state index < -0.39 is 0 Å². The lowest BCUT2D eigenvalue weighted by atomic mass is 9.67. The third kappa shape index (κ3) is 5.37. The summed E-state index contributed by atoms with van der Waals surface area (Å²) < 4.78 is 0.